The Morgan fingerprint density at radius 3 is 2.56 bits per heavy atom. The predicted molar refractivity (Wildman–Crippen MR) is 43.6 cm³/mol. The number of hydrogen-bond donors (Lipinski definition) is 1. The Morgan fingerprint density at radius 1 is 1.31 bits per heavy atom. The second-order valence-corrected chi connectivity index (χ2v) is 2.75. The molecule has 0 aliphatic carbocycles. The van der Waals surface area contributed by atoms with Gasteiger partial charge in [-0.2, -0.15) is 27.9 Å². The summed E-state index contributed by atoms with van der Waals surface area (Å²) >= 11 is 0. The van der Waals surface area contributed by atoms with Gasteiger partial charge in [-0.15, -0.1) is 0 Å². The Morgan fingerprint density at radius 2 is 2.06 bits per heavy atom. The Balaban J connectivity index is 2.45. The fourth-order valence-corrected chi connectivity index (χ4v) is 0.986. The molecule has 84 valence electrons. The van der Waals surface area contributed by atoms with Crippen LogP contribution in [-0.2, 0) is 6.18 Å². The van der Waals surface area contributed by atoms with Gasteiger partial charge in [0, 0.05) is 6.20 Å². The van der Waals surface area contributed by atoms with Crippen LogP contribution in [0, 0.1) is 0 Å². The number of alkyl halides is 3. The van der Waals surface area contributed by atoms with Crippen molar-refractivity contribution >= 4 is 0 Å². The van der Waals surface area contributed by atoms with Crippen molar-refractivity contribution in [1.29, 1.82) is 0 Å². The van der Waals surface area contributed by atoms with E-state index >= 15 is 0 Å². The Kier molecular flexibility index (Phi) is 2.22. The molecule has 2 aromatic heterocycles. The van der Waals surface area contributed by atoms with E-state index in [9.17, 15) is 13.2 Å². The fraction of sp³-hybridized carbons (Fsp3) is 0.143. The minimum Gasteiger partial charge on any atom is -0.493 e. The first kappa shape index (κ1) is 10.3. The molecule has 2 rings (SSSR count). The molecule has 2 aromatic rings. The predicted octanol–water partition coefficient (Wildman–Crippen LogP) is 0.782. The quantitative estimate of drug-likeness (QED) is 0.784. The van der Waals surface area contributed by atoms with Crippen LogP contribution in [0.5, 0.6) is 5.88 Å². The molecule has 0 aliphatic rings. The number of halogens is 3. The van der Waals surface area contributed by atoms with Gasteiger partial charge >= 0.3 is 6.18 Å². The summed E-state index contributed by atoms with van der Waals surface area (Å²) in [6, 6.07) is 0. The highest BCUT2D eigenvalue weighted by Crippen LogP contribution is 2.33. The molecule has 0 amide bonds. The summed E-state index contributed by atoms with van der Waals surface area (Å²) in [7, 11) is 0. The van der Waals surface area contributed by atoms with Gasteiger partial charge in [0.1, 0.15) is 18.2 Å². The Bertz CT molecular complexity index is 495. The first-order valence-electron chi connectivity index (χ1n) is 3.96. The maximum absolute atomic E-state index is 12.2. The topological polar surface area (TPSA) is 76.7 Å². The van der Waals surface area contributed by atoms with Crippen LogP contribution in [-0.4, -0.2) is 29.8 Å². The van der Waals surface area contributed by atoms with Crippen LogP contribution in [0.2, 0.25) is 0 Å². The molecule has 0 radical (unpaired) electrons. The molecule has 9 heteroatoms. The van der Waals surface area contributed by atoms with Gasteiger partial charge in [0.15, 0.2) is 0 Å². The minimum atomic E-state index is -4.69. The van der Waals surface area contributed by atoms with Gasteiger partial charge in [0.25, 0.3) is 5.95 Å². The maximum Gasteiger partial charge on any atom is 0.423 e. The summed E-state index contributed by atoms with van der Waals surface area (Å²) in [5, 5.41) is 12.7. The zero-order valence-electron chi connectivity index (χ0n) is 7.55. The molecule has 6 nitrogen and oxygen atoms in total. The molecule has 0 unspecified atom stereocenters. The monoisotopic (exact) mass is 231 g/mol. The summed E-state index contributed by atoms with van der Waals surface area (Å²) in [6.07, 6.45) is -1.84. The van der Waals surface area contributed by atoms with E-state index in [1.807, 2.05) is 0 Å². The minimum absolute atomic E-state index is 0.192. The third kappa shape index (κ3) is 1.78. The molecule has 0 saturated carbocycles. The molecule has 0 bridgehead atoms. The van der Waals surface area contributed by atoms with Crippen LogP contribution >= 0.6 is 0 Å². The van der Waals surface area contributed by atoms with Crippen molar-refractivity contribution in [2.24, 2.45) is 0 Å². The lowest BCUT2D eigenvalue weighted by Gasteiger charge is -2.07. The van der Waals surface area contributed by atoms with E-state index in [1.165, 1.54) is 6.33 Å². The molecule has 0 saturated heterocycles. The average Bonchev–Trinajstić information content (AvgIpc) is 2.68. The van der Waals surface area contributed by atoms with Gasteiger partial charge in [-0.1, -0.05) is 0 Å². The van der Waals surface area contributed by atoms with Crippen molar-refractivity contribution in [3.05, 3.63) is 24.4 Å². The van der Waals surface area contributed by atoms with Gasteiger partial charge in [0.2, 0.25) is 5.88 Å². The van der Waals surface area contributed by atoms with E-state index < -0.39 is 17.6 Å². The number of aromatic hydroxyl groups is 1. The Hall–Kier alpha value is -2.19. The van der Waals surface area contributed by atoms with E-state index in [0.717, 1.165) is 11.0 Å². The molecular weight excluding hydrogens is 227 g/mol. The summed E-state index contributed by atoms with van der Waals surface area (Å²) in [6.45, 7) is 0. The van der Waals surface area contributed by atoms with Crippen LogP contribution in [0.3, 0.4) is 0 Å². The van der Waals surface area contributed by atoms with Gasteiger partial charge in [-0.3, -0.25) is 0 Å². The van der Waals surface area contributed by atoms with Crippen molar-refractivity contribution in [2.75, 3.05) is 0 Å². The van der Waals surface area contributed by atoms with E-state index in [2.05, 4.69) is 20.1 Å². The molecule has 0 aromatic carbocycles. The van der Waals surface area contributed by atoms with Crippen LogP contribution in [0.4, 0.5) is 13.2 Å². The lowest BCUT2D eigenvalue weighted by atomic mass is 10.3. The maximum atomic E-state index is 12.2. The van der Waals surface area contributed by atoms with Gasteiger partial charge < -0.3 is 5.11 Å². The van der Waals surface area contributed by atoms with Crippen molar-refractivity contribution in [2.45, 2.75) is 6.18 Å². The first-order valence-corrected chi connectivity index (χ1v) is 3.96. The van der Waals surface area contributed by atoms with Crippen LogP contribution < -0.4 is 0 Å². The van der Waals surface area contributed by atoms with Gasteiger partial charge in [-0.05, 0) is 0 Å². The zero-order chi connectivity index (χ0) is 11.8. The van der Waals surface area contributed by atoms with Gasteiger partial charge in [-0.25, -0.2) is 9.97 Å². The zero-order valence-corrected chi connectivity index (χ0v) is 7.55. The van der Waals surface area contributed by atoms with Crippen molar-refractivity contribution in [1.82, 2.24) is 24.7 Å². The van der Waals surface area contributed by atoms with E-state index in [4.69, 9.17) is 5.11 Å². The molecule has 16 heavy (non-hydrogen) atoms. The Labute approximate surface area is 86.4 Å². The average molecular weight is 231 g/mol. The highest BCUT2D eigenvalue weighted by molar-refractivity contribution is 5.28. The lowest BCUT2D eigenvalue weighted by Crippen LogP contribution is -2.10. The molecule has 2 heterocycles. The van der Waals surface area contributed by atoms with Crippen LogP contribution in [0.15, 0.2) is 18.9 Å². The fourth-order valence-electron chi connectivity index (χ4n) is 0.986. The molecule has 0 spiro atoms. The standard InChI is InChI=1S/C7H4F3N5O/c8-7(9,10)4-1-12-6(14-5(4)16)15-3-11-2-13-15/h1-3H,(H,12,14,16). The summed E-state index contributed by atoms with van der Waals surface area (Å²) in [4.78, 5) is 10.3. The van der Waals surface area contributed by atoms with Gasteiger partial charge in [0.05, 0.1) is 0 Å². The largest absolute Gasteiger partial charge is 0.493 e. The number of nitrogens with zero attached hydrogens (tertiary/aromatic N) is 5. The number of hydrogen-bond acceptors (Lipinski definition) is 5. The van der Waals surface area contributed by atoms with Crippen molar-refractivity contribution in [3.8, 4) is 11.8 Å². The van der Waals surface area contributed by atoms with Crippen LogP contribution in [0.1, 0.15) is 5.56 Å². The molecule has 1 N–H and O–H groups in total. The lowest BCUT2D eigenvalue weighted by molar-refractivity contribution is -0.139. The second kappa shape index (κ2) is 3.43. The molecule has 0 atom stereocenters. The normalized spacial score (nSPS) is 11.7. The third-order valence-electron chi connectivity index (χ3n) is 1.68. The highest BCUT2D eigenvalue weighted by Gasteiger charge is 2.35. The van der Waals surface area contributed by atoms with E-state index in [-0.39, 0.29) is 5.95 Å². The van der Waals surface area contributed by atoms with Crippen molar-refractivity contribution in [3.63, 3.8) is 0 Å². The first-order chi connectivity index (χ1) is 7.48. The number of aromatic nitrogens is 5. The summed E-state index contributed by atoms with van der Waals surface area (Å²) < 4.78 is 37.8. The van der Waals surface area contributed by atoms with E-state index in [1.54, 1.807) is 0 Å². The summed E-state index contributed by atoms with van der Waals surface area (Å²) in [5.74, 6) is -1.34. The third-order valence-corrected chi connectivity index (χ3v) is 1.68. The highest BCUT2D eigenvalue weighted by atomic mass is 19.4. The molecule has 0 aliphatic heterocycles. The number of rotatable bonds is 1. The smallest absolute Gasteiger partial charge is 0.423 e. The van der Waals surface area contributed by atoms with E-state index in [0.29, 0.717) is 6.20 Å². The van der Waals surface area contributed by atoms with Crippen LogP contribution in [0.25, 0.3) is 5.95 Å². The second-order valence-electron chi connectivity index (χ2n) is 2.75. The summed E-state index contributed by atoms with van der Waals surface area (Å²) in [5.41, 5.74) is -1.30. The molecular formula is C7H4F3N5O. The SMILES string of the molecule is Oc1nc(-n2cncn2)ncc1C(F)(F)F. The van der Waals surface area contributed by atoms with Crippen molar-refractivity contribution < 1.29 is 18.3 Å². The molecule has 0 fully saturated rings.